The molecule has 0 radical (unpaired) electrons. The molecule has 0 bridgehead atoms. The summed E-state index contributed by atoms with van der Waals surface area (Å²) in [6, 6.07) is 3.43. The van der Waals surface area contributed by atoms with Crippen LogP contribution >= 0.6 is 0 Å². The third-order valence-electron chi connectivity index (χ3n) is 6.07. The van der Waals surface area contributed by atoms with E-state index in [1.807, 2.05) is 32.0 Å². The largest absolute Gasteiger partial charge is 0.444 e. The van der Waals surface area contributed by atoms with E-state index in [1.165, 1.54) is 11.0 Å². The van der Waals surface area contributed by atoms with Gasteiger partial charge in [-0.2, -0.15) is 0 Å². The van der Waals surface area contributed by atoms with Gasteiger partial charge in [-0.25, -0.2) is 4.79 Å². The molecular weight excluding hydrogens is 472 g/mol. The number of hydrogen-bond donors (Lipinski definition) is 3. The lowest BCUT2D eigenvalue weighted by atomic mass is 9.94. The zero-order chi connectivity index (χ0) is 27.8. The average Bonchev–Trinajstić information content (AvgIpc) is 2.76. The monoisotopic (exact) mass is 514 g/mol. The van der Waals surface area contributed by atoms with Gasteiger partial charge in [0.05, 0.1) is 6.42 Å². The van der Waals surface area contributed by atoms with E-state index in [4.69, 9.17) is 10.5 Å². The Morgan fingerprint density at radius 2 is 1.70 bits per heavy atom. The third-order valence-corrected chi connectivity index (χ3v) is 6.07. The van der Waals surface area contributed by atoms with Gasteiger partial charge in [-0.05, 0) is 53.0 Å². The molecule has 1 aliphatic carbocycles. The van der Waals surface area contributed by atoms with Gasteiger partial charge in [0.25, 0.3) is 0 Å². The topological polar surface area (TPSA) is 131 Å². The number of nitrogens with two attached hydrogens (primary N) is 1. The zero-order valence-electron chi connectivity index (χ0n) is 22.8. The quantitative estimate of drug-likeness (QED) is 0.411. The van der Waals surface area contributed by atoms with Crippen LogP contribution in [0.1, 0.15) is 82.0 Å². The number of alkyl carbamates (subject to hydrolysis) is 1. The second kappa shape index (κ2) is 13.3. The van der Waals surface area contributed by atoms with Gasteiger partial charge in [-0.3, -0.25) is 14.4 Å². The normalized spacial score (nSPS) is 15.7. The lowest BCUT2D eigenvalue weighted by Gasteiger charge is -2.35. The highest BCUT2D eigenvalue weighted by molar-refractivity contribution is 5.94. The van der Waals surface area contributed by atoms with Crippen LogP contribution in [0.5, 0.6) is 0 Å². The molecule has 2 rings (SSSR count). The Labute approximate surface area is 220 Å². The number of benzene rings is 1. The van der Waals surface area contributed by atoms with Crippen LogP contribution in [0.25, 0.3) is 0 Å². The van der Waals surface area contributed by atoms with Gasteiger partial charge in [0, 0.05) is 12.6 Å². The highest BCUT2D eigenvalue weighted by Crippen LogP contribution is 2.27. The molecule has 9 heteroatoms. The van der Waals surface area contributed by atoms with E-state index in [-0.39, 0.29) is 18.5 Å². The van der Waals surface area contributed by atoms with Crippen molar-refractivity contribution in [3.05, 3.63) is 47.5 Å². The Morgan fingerprint density at radius 3 is 2.22 bits per heavy atom. The smallest absolute Gasteiger partial charge is 0.408 e. The SMILES string of the molecule is C=CCN(C(=O)C(CC(N)=O)NC(=O)OC(C)(C)C)C(C(=O)NC1CCCCC1)c1cc(C)cc(C)c1. The Bertz CT molecular complexity index is 975. The summed E-state index contributed by atoms with van der Waals surface area (Å²) in [5.41, 5.74) is 7.12. The molecular formula is C28H42N4O5. The summed E-state index contributed by atoms with van der Waals surface area (Å²) in [6.45, 7) is 12.7. The number of nitrogens with one attached hydrogen (secondary N) is 2. The number of ether oxygens (including phenoxy) is 1. The van der Waals surface area contributed by atoms with Crippen LogP contribution in [0.3, 0.4) is 0 Å². The van der Waals surface area contributed by atoms with E-state index >= 15 is 0 Å². The van der Waals surface area contributed by atoms with Crippen molar-refractivity contribution < 1.29 is 23.9 Å². The molecule has 0 spiro atoms. The number of hydrogen-bond acceptors (Lipinski definition) is 5. The maximum Gasteiger partial charge on any atom is 0.408 e. The van der Waals surface area contributed by atoms with Crippen molar-refractivity contribution in [3.63, 3.8) is 0 Å². The van der Waals surface area contributed by atoms with E-state index in [0.29, 0.717) is 5.56 Å². The summed E-state index contributed by atoms with van der Waals surface area (Å²) in [5, 5.41) is 5.60. The Hall–Kier alpha value is -3.36. The highest BCUT2D eigenvalue weighted by Gasteiger charge is 2.37. The van der Waals surface area contributed by atoms with Gasteiger partial charge >= 0.3 is 6.09 Å². The van der Waals surface area contributed by atoms with Gasteiger partial charge in [-0.15, -0.1) is 6.58 Å². The molecule has 204 valence electrons. The van der Waals surface area contributed by atoms with Crippen LogP contribution in [0.2, 0.25) is 0 Å². The first-order chi connectivity index (χ1) is 17.3. The molecule has 2 unspecified atom stereocenters. The molecule has 0 heterocycles. The van der Waals surface area contributed by atoms with Gasteiger partial charge in [0.2, 0.25) is 17.7 Å². The van der Waals surface area contributed by atoms with E-state index in [0.717, 1.165) is 43.2 Å². The zero-order valence-corrected chi connectivity index (χ0v) is 22.8. The molecule has 2 atom stereocenters. The lowest BCUT2D eigenvalue weighted by molar-refractivity contribution is -0.143. The minimum Gasteiger partial charge on any atom is -0.444 e. The summed E-state index contributed by atoms with van der Waals surface area (Å²) in [7, 11) is 0. The molecule has 1 aromatic rings. The fourth-order valence-electron chi connectivity index (χ4n) is 4.68. The molecule has 1 saturated carbocycles. The minimum atomic E-state index is -1.32. The van der Waals surface area contributed by atoms with Gasteiger partial charge in [-0.1, -0.05) is 54.7 Å². The molecule has 0 aliphatic heterocycles. The van der Waals surface area contributed by atoms with E-state index in [1.54, 1.807) is 20.8 Å². The molecule has 1 fully saturated rings. The lowest BCUT2D eigenvalue weighted by Crippen LogP contribution is -2.54. The standard InChI is InChI=1S/C28H42N4O5/c1-7-13-32(26(35)22(17-23(29)33)31-27(36)37-28(4,5)6)24(20-15-18(2)14-19(3)16-20)25(34)30-21-11-9-8-10-12-21/h7,14-16,21-22,24H,1,8-13,17H2,2-6H3,(H2,29,33)(H,30,34)(H,31,36). The van der Waals surface area contributed by atoms with E-state index in [9.17, 15) is 19.2 Å². The Balaban J connectivity index is 2.48. The summed E-state index contributed by atoms with van der Waals surface area (Å²) in [6.07, 6.45) is 5.17. The fourth-order valence-corrected chi connectivity index (χ4v) is 4.68. The van der Waals surface area contributed by atoms with Crippen LogP contribution in [0, 0.1) is 13.8 Å². The first kappa shape index (κ1) is 29.9. The number of carbonyl (C=O) groups is 4. The first-order valence-electron chi connectivity index (χ1n) is 12.9. The molecule has 0 aromatic heterocycles. The van der Waals surface area contributed by atoms with Crippen molar-refractivity contribution in [1.29, 1.82) is 0 Å². The fraction of sp³-hybridized carbons (Fsp3) is 0.571. The van der Waals surface area contributed by atoms with Crippen molar-refractivity contribution in [2.24, 2.45) is 5.73 Å². The molecule has 1 aliphatic rings. The number of carbonyl (C=O) groups excluding carboxylic acids is 4. The molecule has 0 saturated heterocycles. The second-order valence-corrected chi connectivity index (χ2v) is 10.8. The number of aryl methyl sites for hydroxylation is 2. The second-order valence-electron chi connectivity index (χ2n) is 10.8. The number of amides is 4. The van der Waals surface area contributed by atoms with E-state index < -0.39 is 42.0 Å². The molecule has 1 aromatic carbocycles. The number of primary amides is 1. The van der Waals surface area contributed by atoms with Gasteiger partial charge in [0.1, 0.15) is 17.7 Å². The maximum atomic E-state index is 13.9. The van der Waals surface area contributed by atoms with Crippen molar-refractivity contribution in [1.82, 2.24) is 15.5 Å². The highest BCUT2D eigenvalue weighted by atomic mass is 16.6. The van der Waals surface area contributed by atoms with Gasteiger partial charge in [0.15, 0.2) is 0 Å². The van der Waals surface area contributed by atoms with Crippen LogP contribution in [-0.2, 0) is 19.1 Å². The Kier molecular flexibility index (Phi) is 10.7. The summed E-state index contributed by atoms with van der Waals surface area (Å²) >= 11 is 0. The summed E-state index contributed by atoms with van der Waals surface area (Å²) in [5.74, 6) is -1.72. The Morgan fingerprint density at radius 1 is 1.11 bits per heavy atom. The van der Waals surface area contributed by atoms with Crippen molar-refractivity contribution >= 4 is 23.8 Å². The summed E-state index contributed by atoms with van der Waals surface area (Å²) in [4.78, 5) is 53.3. The molecule has 9 nitrogen and oxygen atoms in total. The van der Waals surface area contributed by atoms with Crippen LogP contribution < -0.4 is 16.4 Å². The predicted octanol–water partition coefficient (Wildman–Crippen LogP) is 3.58. The first-order valence-corrected chi connectivity index (χ1v) is 12.9. The van der Waals surface area contributed by atoms with Crippen molar-refractivity contribution in [2.75, 3.05) is 6.54 Å². The third kappa shape index (κ3) is 9.55. The van der Waals surface area contributed by atoms with Crippen molar-refractivity contribution in [2.45, 2.75) is 96.9 Å². The maximum absolute atomic E-state index is 13.9. The molecule has 4 amide bonds. The van der Waals surface area contributed by atoms with Crippen LogP contribution in [0.15, 0.2) is 30.9 Å². The van der Waals surface area contributed by atoms with Crippen molar-refractivity contribution in [3.8, 4) is 0 Å². The summed E-state index contributed by atoms with van der Waals surface area (Å²) < 4.78 is 5.29. The van der Waals surface area contributed by atoms with Crippen LogP contribution in [-0.4, -0.2) is 52.9 Å². The van der Waals surface area contributed by atoms with Crippen LogP contribution in [0.4, 0.5) is 4.79 Å². The van der Waals surface area contributed by atoms with Gasteiger partial charge < -0.3 is 26.0 Å². The predicted molar refractivity (Wildman–Crippen MR) is 143 cm³/mol. The molecule has 4 N–H and O–H groups in total. The number of rotatable bonds is 10. The van der Waals surface area contributed by atoms with E-state index in [2.05, 4.69) is 17.2 Å². The molecule has 37 heavy (non-hydrogen) atoms. The number of nitrogens with zero attached hydrogens (tertiary/aromatic N) is 1. The average molecular weight is 515 g/mol. The minimum absolute atomic E-state index is 0.0137.